The maximum atomic E-state index is 14.4. The van der Waals surface area contributed by atoms with Crippen LogP contribution in [0.1, 0.15) is 44.0 Å². The van der Waals surface area contributed by atoms with Crippen molar-refractivity contribution in [1.82, 2.24) is 16.0 Å². The molecule has 4 aliphatic rings. The standard InChI is InChI=1S/C16H20FN3O4.C12H15FN2O3.C7H12ClNO3.C5H9NO2.2CH4.B.FH.H2/c1-11(21)18-9-13-10-20(16(22)24-13)12-2-3-15(14(17)8-12)19-4-6-23-7-5-19;1-17-12(16)14-9-2-3-11(10(13)8-9)15-4-6-18-7-5-15;1-5(10)9-4-7(3-8)12-6(2)11;1-4(7)6-2-5-3-8-5;;;;;/h2-3,8,13H,4-7,9-10H2,1H3,(H,18,21);2-3,8H,4-7H2,1H3,(H,14,16);7H,3-4H2,1-2H3,(H,9,10);5H,2-3H2,1H3,(H,6,7);2*1H4;;2*1H/t13-;;7-;5-;;;;;/m0.10...../s1. The van der Waals surface area contributed by atoms with Crippen molar-refractivity contribution >= 4 is 78.6 Å². The highest BCUT2D eigenvalue weighted by atomic mass is 35.5. The van der Waals surface area contributed by atoms with Gasteiger partial charge in [-0.2, -0.15) is 0 Å². The molecule has 0 spiro atoms. The number of carbonyl (C=O) groups is 6. The highest BCUT2D eigenvalue weighted by Crippen LogP contribution is 2.28. The smallest absolute Gasteiger partial charge is 0.414 e. The lowest BCUT2D eigenvalue weighted by Gasteiger charge is -2.29. The second kappa shape index (κ2) is 33.0. The van der Waals surface area contributed by atoms with Crippen molar-refractivity contribution in [3.63, 3.8) is 0 Å². The van der Waals surface area contributed by atoms with Crippen molar-refractivity contribution in [3.05, 3.63) is 48.0 Å². The molecular formula is C42H67BClF3N7O12. The van der Waals surface area contributed by atoms with Crippen LogP contribution < -0.4 is 36.0 Å². The van der Waals surface area contributed by atoms with Gasteiger partial charge in [0, 0.05) is 75.9 Å². The first-order valence-electron chi connectivity index (χ1n) is 19.8. The molecule has 373 valence electrons. The molecule has 0 aromatic heterocycles. The zero-order chi connectivity index (χ0) is 45.6. The number of benzene rings is 2. The molecule has 4 N–H and O–H groups in total. The summed E-state index contributed by atoms with van der Waals surface area (Å²) in [6, 6.07) is 9.28. The summed E-state index contributed by atoms with van der Waals surface area (Å²) in [5, 5.41) is 10.2. The van der Waals surface area contributed by atoms with Crippen LogP contribution in [0.5, 0.6) is 0 Å². The maximum absolute atomic E-state index is 14.4. The van der Waals surface area contributed by atoms with Crippen LogP contribution in [-0.4, -0.2) is 161 Å². The van der Waals surface area contributed by atoms with Crippen molar-refractivity contribution < 1.29 is 72.1 Å². The van der Waals surface area contributed by atoms with Crippen molar-refractivity contribution in [2.75, 3.05) is 118 Å². The molecule has 0 unspecified atom stereocenters. The van der Waals surface area contributed by atoms with Gasteiger partial charge < -0.3 is 54.2 Å². The topological polar surface area (TPSA) is 219 Å². The van der Waals surface area contributed by atoms with Gasteiger partial charge in [-0.1, -0.05) is 14.9 Å². The Morgan fingerprint density at radius 1 is 0.803 bits per heavy atom. The summed E-state index contributed by atoms with van der Waals surface area (Å²) in [4.78, 5) is 70.2. The number of anilines is 4. The normalized spacial score (nSPS) is 17.0. The number of hydrogen-bond donors (Lipinski definition) is 4. The van der Waals surface area contributed by atoms with E-state index in [0.29, 0.717) is 88.0 Å². The molecule has 2 aromatic rings. The first-order valence-corrected chi connectivity index (χ1v) is 20.3. The lowest BCUT2D eigenvalue weighted by atomic mass is 10.2. The number of ether oxygens (including phenoxy) is 6. The number of alkyl halides is 1. The molecule has 4 fully saturated rings. The summed E-state index contributed by atoms with van der Waals surface area (Å²) in [5.41, 5.74) is 1.84. The number of carbonyl (C=O) groups excluding carboxylic acids is 6. The molecule has 0 aliphatic carbocycles. The molecule has 4 heterocycles. The number of nitrogens with zero attached hydrogens (tertiary/aromatic N) is 3. The van der Waals surface area contributed by atoms with E-state index in [0.717, 1.165) is 6.61 Å². The molecule has 0 bridgehead atoms. The maximum Gasteiger partial charge on any atom is 0.414 e. The summed E-state index contributed by atoms with van der Waals surface area (Å²) in [7, 11) is 1.26. The minimum atomic E-state index is -0.617. The fourth-order valence-electron chi connectivity index (χ4n) is 5.70. The fraction of sp³-hybridized carbons (Fsp3) is 0.571. The van der Waals surface area contributed by atoms with Crippen LogP contribution >= 0.6 is 11.6 Å². The van der Waals surface area contributed by atoms with Gasteiger partial charge in [-0.25, -0.2) is 18.4 Å². The molecule has 0 saturated carbocycles. The van der Waals surface area contributed by atoms with Crippen LogP contribution in [0.25, 0.3) is 0 Å². The van der Waals surface area contributed by atoms with Gasteiger partial charge in [-0.3, -0.25) is 34.1 Å². The van der Waals surface area contributed by atoms with E-state index in [-0.39, 0.29) is 84.3 Å². The summed E-state index contributed by atoms with van der Waals surface area (Å²) < 4.78 is 58.1. The molecule has 3 radical (unpaired) electrons. The number of halogens is 4. The van der Waals surface area contributed by atoms with E-state index in [1.807, 2.05) is 9.80 Å². The number of methoxy groups -OCH3 is 1. The monoisotopic (exact) mass is 964 g/mol. The van der Waals surface area contributed by atoms with Gasteiger partial charge in [-0.15, -0.1) is 11.6 Å². The molecule has 2 aromatic carbocycles. The van der Waals surface area contributed by atoms with Crippen LogP contribution in [0.4, 0.5) is 45.8 Å². The number of hydrogen-bond acceptors (Lipinski definition) is 14. The zero-order valence-corrected chi connectivity index (χ0v) is 37.2. The Kier molecular flexibility index (Phi) is 31.3. The minimum Gasteiger partial charge on any atom is -0.459 e. The third-order valence-corrected chi connectivity index (χ3v) is 9.19. The molecule has 4 saturated heterocycles. The number of rotatable bonds is 12. The summed E-state index contributed by atoms with van der Waals surface area (Å²) in [6.45, 7) is 12.8. The predicted octanol–water partition coefficient (Wildman–Crippen LogP) is 4.07. The van der Waals surface area contributed by atoms with E-state index in [4.69, 9.17) is 35.3 Å². The average molecular weight is 965 g/mol. The third-order valence-electron chi connectivity index (χ3n) is 8.84. The second-order valence-electron chi connectivity index (χ2n) is 13.9. The molecule has 6 rings (SSSR count). The zero-order valence-electron chi connectivity index (χ0n) is 36.5. The van der Waals surface area contributed by atoms with E-state index in [1.165, 1.54) is 51.8 Å². The van der Waals surface area contributed by atoms with Gasteiger partial charge >= 0.3 is 18.2 Å². The first-order chi connectivity index (χ1) is 29.6. The van der Waals surface area contributed by atoms with Gasteiger partial charge in [-0.05, 0) is 36.4 Å². The van der Waals surface area contributed by atoms with Crippen LogP contribution in [0, 0.1) is 11.6 Å². The number of esters is 1. The quantitative estimate of drug-likeness (QED) is 0.0776. The van der Waals surface area contributed by atoms with Crippen LogP contribution in [0.15, 0.2) is 36.4 Å². The van der Waals surface area contributed by atoms with E-state index >= 15 is 0 Å². The lowest BCUT2D eigenvalue weighted by molar-refractivity contribution is -0.145. The average Bonchev–Trinajstić information content (AvgIpc) is 4.01. The van der Waals surface area contributed by atoms with Gasteiger partial charge in [0.05, 0.1) is 88.8 Å². The van der Waals surface area contributed by atoms with Crippen LogP contribution in [-0.2, 0) is 47.6 Å². The Morgan fingerprint density at radius 3 is 1.71 bits per heavy atom. The van der Waals surface area contributed by atoms with E-state index in [1.54, 1.807) is 24.3 Å². The number of nitrogens with one attached hydrogen (secondary N) is 4. The Labute approximate surface area is 393 Å². The first kappa shape index (κ1) is 62.6. The third kappa shape index (κ3) is 23.6. The van der Waals surface area contributed by atoms with Crippen LogP contribution in [0.2, 0.25) is 0 Å². The predicted molar refractivity (Wildman–Crippen MR) is 248 cm³/mol. The van der Waals surface area contributed by atoms with E-state index in [9.17, 15) is 37.5 Å². The summed E-state index contributed by atoms with van der Waals surface area (Å²) >= 11 is 5.47. The number of morpholine rings is 2. The lowest BCUT2D eigenvalue weighted by Crippen LogP contribution is -2.36. The molecule has 24 heteroatoms. The van der Waals surface area contributed by atoms with E-state index in [2.05, 4.69) is 26.0 Å². The number of cyclic esters (lactones) is 1. The minimum absolute atomic E-state index is 0. The van der Waals surface area contributed by atoms with Crippen molar-refractivity contribution in [2.24, 2.45) is 0 Å². The highest BCUT2D eigenvalue weighted by molar-refractivity contribution is 6.18. The Bertz CT molecular complexity index is 1820. The Morgan fingerprint density at radius 2 is 1.29 bits per heavy atom. The van der Waals surface area contributed by atoms with Gasteiger partial charge in [0.2, 0.25) is 17.7 Å². The van der Waals surface area contributed by atoms with Crippen molar-refractivity contribution in [2.45, 2.75) is 60.9 Å². The van der Waals surface area contributed by atoms with E-state index < -0.39 is 30.4 Å². The number of amides is 5. The van der Waals surface area contributed by atoms with Gasteiger partial charge in [0.15, 0.2) is 0 Å². The molecule has 66 heavy (non-hydrogen) atoms. The molecule has 3 atom stereocenters. The molecule has 4 aliphatic heterocycles. The highest BCUT2D eigenvalue weighted by Gasteiger charge is 2.33. The summed E-state index contributed by atoms with van der Waals surface area (Å²) in [5.74, 6) is -1.31. The number of epoxide rings is 1. The van der Waals surface area contributed by atoms with Gasteiger partial charge in [0.1, 0.15) is 23.8 Å². The summed E-state index contributed by atoms with van der Waals surface area (Å²) in [6.07, 6.45) is -1.73. The molecule has 5 amide bonds. The Balaban J connectivity index is -0.000000850. The molecular weight excluding hydrogens is 898 g/mol. The molecule has 19 nitrogen and oxygen atoms in total. The Hall–Kier alpha value is -5.52. The second-order valence-corrected chi connectivity index (χ2v) is 14.2. The fourth-order valence-corrected chi connectivity index (χ4v) is 5.87. The SMILES string of the molecule is C.C.CC(=O)NC[C@@H](CCl)OC(C)=O.CC(=O)NC[C@H]1CN(c2ccc(N3CCOCC3)c(F)c2)C(=O)O1.CC(=O)NC[C@H]1CO1.COC(=O)Nc1ccc(N2CCOCC2)c(F)c1.F.[B].[HH]. The van der Waals surface area contributed by atoms with Crippen LogP contribution in [0.3, 0.4) is 0 Å². The largest absolute Gasteiger partial charge is 0.459 e. The van der Waals surface area contributed by atoms with Crippen molar-refractivity contribution in [1.29, 1.82) is 0 Å². The van der Waals surface area contributed by atoms with Gasteiger partial charge in [0.25, 0.3) is 0 Å². The van der Waals surface area contributed by atoms with Crippen molar-refractivity contribution in [3.8, 4) is 0 Å².